The molecule has 0 amide bonds. The summed E-state index contributed by atoms with van der Waals surface area (Å²) in [5.41, 5.74) is 0.169. The lowest BCUT2D eigenvalue weighted by Crippen LogP contribution is -2.61. The second kappa shape index (κ2) is 13.7. The third kappa shape index (κ3) is 8.31. The molecule has 0 saturated carbocycles. The minimum absolute atomic E-state index is 0.118. The highest BCUT2D eigenvalue weighted by molar-refractivity contribution is 6.00. The minimum Gasteiger partial charge on any atom is -0.507 e. The lowest BCUT2D eigenvalue weighted by atomic mass is 9.74. The first-order chi connectivity index (χ1) is 21.7. The van der Waals surface area contributed by atoms with E-state index in [2.05, 4.69) is 92.8 Å². The highest BCUT2D eigenvalue weighted by Crippen LogP contribution is 2.44. The van der Waals surface area contributed by atoms with Gasteiger partial charge in [0.2, 0.25) is 0 Å². The monoisotopic (exact) mass is 669 g/mol. The van der Waals surface area contributed by atoms with Gasteiger partial charge in [-0.05, 0) is 112 Å². The zero-order valence-electron chi connectivity index (χ0n) is 33.1. The second-order valence-corrected chi connectivity index (χ2v) is 18.7. The fraction of sp³-hybridized carbons (Fsp3) is 0.756. The molecule has 2 heterocycles. The summed E-state index contributed by atoms with van der Waals surface area (Å²) >= 11 is 0. The first kappa shape index (κ1) is 40.1. The van der Waals surface area contributed by atoms with Gasteiger partial charge >= 0.3 is 11.9 Å². The van der Waals surface area contributed by atoms with Gasteiger partial charge < -0.3 is 14.6 Å². The van der Waals surface area contributed by atoms with E-state index in [4.69, 9.17) is 9.47 Å². The Balaban J connectivity index is 2.18. The van der Waals surface area contributed by atoms with E-state index in [1.807, 2.05) is 39.8 Å². The Morgan fingerprint density at radius 2 is 1.23 bits per heavy atom. The lowest BCUT2D eigenvalue weighted by Gasteiger charge is -2.53. The number of phenols is 1. The van der Waals surface area contributed by atoms with Crippen LogP contribution in [0.2, 0.25) is 0 Å². The zero-order valence-corrected chi connectivity index (χ0v) is 33.1. The first-order valence-corrected chi connectivity index (χ1v) is 18.1. The Morgan fingerprint density at radius 1 is 0.833 bits per heavy atom. The molecule has 0 aromatic heterocycles. The number of benzene rings is 1. The van der Waals surface area contributed by atoms with Gasteiger partial charge in [-0.15, -0.1) is 0 Å². The normalized spacial score (nSPS) is 21.9. The number of carbonyl (C=O) groups is 2. The number of hydrogen-bond acceptors (Lipinski definition) is 7. The number of piperidine rings is 2. The molecular formula is C41H68N2O5. The summed E-state index contributed by atoms with van der Waals surface area (Å²) in [6.45, 7) is 31.7. The van der Waals surface area contributed by atoms with E-state index in [1.165, 1.54) is 0 Å². The second-order valence-electron chi connectivity index (χ2n) is 18.7. The molecule has 2 aliphatic rings. The largest absolute Gasteiger partial charge is 0.507 e. The van der Waals surface area contributed by atoms with Crippen LogP contribution in [-0.2, 0) is 30.9 Å². The maximum Gasteiger partial charge on any atom is 0.324 e. The summed E-state index contributed by atoms with van der Waals surface area (Å²) in [6.07, 6.45) is 3.89. The molecule has 0 spiro atoms. The van der Waals surface area contributed by atoms with E-state index < -0.39 is 17.4 Å². The number of unbranched alkanes of at least 4 members (excludes halogenated alkanes) is 1. The number of hydrogen-bond donors (Lipinski definition) is 1. The van der Waals surface area contributed by atoms with Gasteiger partial charge in [0.05, 0.1) is 0 Å². The van der Waals surface area contributed by atoms with Gasteiger partial charge in [0.1, 0.15) is 18.0 Å². The summed E-state index contributed by atoms with van der Waals surface area (Å²) in [7, 11) is 4.25. The number of esters is 2. The van der Waals surface area contributed by atoms with Crippen LogP contribution in [0.4, 0.5) is 0 Å². The third-order valence-electron chi connectivity index (χ3n) is 11.8. The van der Waals surface area contributed by atoms with Crippen molar-refractivity contribution in [3.05, 3.63) is 35.4 Å². The van der Waals surface area contributed by atoms with Gasteiger partial charge in [0, 0.05) is 59.0 Å². The van der Waals surface area contributed by atoms with Crippen LogP contribution in [0.1, 0.15) is 152 Å². The number of ether oxygens (including phenoxy) is 2. The molecule has 0 radical (unpaired) electrons. The smallest absolute Gasteiger partial charge is 0.324 e. The van der Waals surface area contributed by atoms with Crippen LogP contribution in [0.25, 0.3) is 5.57 Å². The SMILES string of the molecule is C=C(C)c1cc(CC(CCCC)(C(=O)OC2CC(C)(C)N(C)C(C)(C)C2)C(=O)OC2CC(C)(C)N(C)C(C)(C)C2)cc(C(C)(C)C)c1O. The van der Waals surface area contributed by atoms with Gasteiger partial charge in [-0.25, -0.2) is 0 Å². The summed E-state index contributed by atoms with van der Waals surface area (Å²) < 4.78 is 13.0. The van der Waals surface area contributed by atoms with Crippen LogP contribution in [-0.4, -0.2) is 75.3 Å². The predicted octanol–water partition coefficient (Wildman–Crippen LogP) is 8.83. The van der Waals surface area contributed by atoms with E-state index in [0.29, 0.717) is 44.1 Å². The molecule has 1 aromatic rings. The van der Waals surface area contributed by atoms with Crippen LogP contribution in [0, 0.1) is 5.41 Å². The molecule has 2 fully saturated rings. The Kier molecular flexibility index (Phi) is 11.5. The number of allylic oxidation sites excluding steroid dienone is 1. The van der Waals surface area contributed by atoms with Gasteiger partial charge in [0.15, 0.2) is 5.41 Å². The Labute approximate surface area is 292 Å². The Morgan fingerprint density at radius 3 is 1.56 bits per heavy atom. The summed E-state index contributed by atoms with van der Waals surface area (Å²) in [6, 6.07) is 3.84. The first-order valence-electron chi connectivity index (χ1n) is 18.1. The maximum atomic E-state index is 14.9. The highest BCUT2D eigenvalue weighted by Gasteiger charge is 2.53. The molecule has 48 heavy (non-hydrogen) atoms. The molecule has 1 N–H and O–H groups in total. The van der Waals surface area contributed by atoms with Crippen LogP contribution >= 0.6 is 0 Å². The summed E-state index contributed by atoms with van der Waals surface area (Å²) in [5, 5.41) is 11.3. The van der Waals surface area contributed by atoms with Crippen molar-refractivity contribution >= 4 is 17.5 Å². The Hall–Kier alpha value is -2.38. The van der Waals surface area contributed by atoms with Crippen molar-refractivity contribution < 1.29 is 24.2 Å². The van der Waals surface area contributed by atoms with Crippen LogP contribution in [0.15, 0.2) is 18.7 Å². The molecule has 0 unspecified atom stereocenters. The lowest BCUT2D eigenvalue weighted by molar-refractivity contribution is -0.188. The van der Waals surface area contributed by atoms with Crippen molar-refractivity contribution in [3.63, 3.8) is 0 Å². The highest BCUT2D eigenvalue weighted by atomic mass is 16.6. The van der Waals surface area contributed by atoms with E-state index in [1.54, 1.807) is 0 Å². The molecule has 0 bridgehead atoms. The zero-order chi connectivity index (χ0) is 36.8. The van der Waals surface area contributed by atoms with Gasteiger partial charge in [-0.3, -0.25) is 19.4 Å². The number of nitrogens with zero attached hydrogens (tertiary/aromatic N) is 2. The fourth-order valence-corrected chi connectivity index (χ4v) is 8.29. The molecule has 1 aromatic carbocycles. The van der Waals surface area contributed by atoms with Gasteiger partial charge in [-0.1, -0.05) is 53.2 Å². The number of carbonyl (C=O) groups excluding carboxylic acids is 2. The van der Waals surface area contributed by atoms with Gasteiger partial charge in [0.25, 0.3) is 0 Å². The molecular weight excluding hydrogens is 600 g/mol. The topological polar surface area (TPSA) is 79.3 Å². The number of rotatable bonds is 10. The van der Waals surface area contributed by atoms with Crippen molar-refractivity contribution in [2.45, 2.75) is 181 Å². The molecule has 3 rings (SSSR count). The van der Waals surface area contributed by atoms with E-state index in [0.717, 1.165) is 23.1 Å². The molecule has 0 aliphatic carbocycles. The van der Waals surface area contributed by atoms with Gasteiger partial charge in [-0.2, -0.15) is 0 Å². The van der Waals surface area contributed by atoms with Crippen molar-refractivity contribution in [3.8, 4) is 5.75 Å². The van der Waals surface area contributed by atoms with E-state index in [-0.39, 0.29) is 51.9 Å². The van der Waals surface area contributed by atoms with E-state index >= 15 is 0 Å². The summed E-state index contributed by atoms with van der Waals surface area (Å²) in [5.74, 6) is -0.818. The minimum atomic E-state index is -1.55. The average molecular weight is 669 g/mol. The number of likely N-dealkylation sites (tertiary alicyclic amines) is 2. The van der Waals surface area contributed by atoms with Crippen LogP contribution < -0.4 is 0 Å². The van der Waals surface area contributed by atoms with Crippen molar-refractivity contribution in [1.29, 1.82) is 0 Å². The number of phenolic OH excluding ortho intramolecular Hbond substituents is 1. The fourth-order valence-electron chi connectivity index (χ4n) is 8.29. The number of aromatic hydroxyl groups is 1. The molecule has 7 nitrogen and oxygen atoms in total. The Bertz CT molecular complexity index is 1270. The molecule has 0 atom stereocenters. The van der Waals surface area contributed by atoms with Crippen LogP contribution in [0.5, 0.6) is 5.75 Å². The molecule has 2 aliphatic heterocycles. The van der Waals surface area contributed by atoms with Crippen molar-refractivity contribution in [1.82, 2.24) is 9.80 Å². The molecule has 7 heteroatoms. The third-order valence-corrected chi connectivity index (χ3v) is 11.8. The standard InChI is InChI=1S/C41H68N2O5/c1-17-18-19-41(34(45)47-29-23-37(7,8)42(15)38(9,10)24-29,35(46)48-30-25-39(11,12)43(16)40(13,14)26-30)22-28-20-31(27(2)3)33(44)32(21-28)36(4,5)6/h20-21,29-30,44H,2,17-19,22-26H2,1,3-16H3. The van der Waals surface area contributed by atoms with Crippen LogP contribution in [0.3, 0.4) is 0 Å². The summed E-state index contributed by atoms with van der Waals surface area (Å²) in [4.78, 5) is 34.5. The molecule has 2 saturated heterocycles. The van der Waals surface area contributed by atoms with Crippen molar-refractivity contribution in [2.24, 2.45) is 5.41 Å². The van der Waals surface area contributed by atoms with Crippen molar-refractivity contribution in [2.75, 3.05) is 14.1 Å². The van der Waals surface area contributed by atoms with E-state index in [9.17, 15) is 14.7 Å². The average Bonchev–Trinajstić information content (AvgIpc) is 2.91. The predicted molar refractivity (Wildman–Crippen MR) is 197 cm³/mol. The molecule has 272 valence electrons. The maximum absolute atomic E-state index is 14.9. The quantitative estimate of drug-likeness (QED) is 0.197.